The Morgan fingerprint density at radius 3 is 2.61 bits per heavy atom. The predicted octanol–water partition coefficient (Wildman–Crippen LogP) is 2.62. The summed E-state index contributed by atoms with van der Waals surface area (Å²) in [4.78, 5) is 0. The van der Waals surface area contributed by atoms with E-state index in [0.717, 1.165) is 22.6 Å². The van der Waals surface area contributed by atoms with Crippen LogP contribution in [0.2, 0.25) is 0 Å². The molecule has 0 N–H and O–H groups in total. The summed E-state index contributed by atoms with van der Waals surface area (Å²) >= 11 is 0. The largest absolute Gasteiger partial charge is 0.496 e. The molecule has 1 aromatic carbocycles. The minimum atomic E-state index is -0.0860. The Balaban J connectivity index is 2.46. The van der Waals surface area contributed by atoms with Crippen molar-refractivity contribution in [3.63, 3.8) is 0 Å². The van der Waals surface area contributed by atoms with Crippen LogP contribution >= 0.6 is 0 Å². The summed E-state index contributed by atoms with van der Waals surface area (Å²) in [5.41, 5.74) is 2.13. The molecule has 96 valence electrons. The Bertz CT molecular complexity index is 479. The van der Waals surface area contributed by atoms with E-state index in [2.05, 4.69) is 6.07 Å². The van der Waals surface area contributed by atoms with Crippen LogP contribution in [-0.2, 0) is 11.2 Å². The minimum Gasteiger partial charge on any atom is -0.496 e. The van der Waals surface area contributed by atoms with Gasteiger partial charge in [0.15, 0.2) is 0 Å². The second-order valence-corrected chi connectivity index (χ2v) is 4.33. The molecule has 0 radical (unpaired) electrons. The highest BCUT2D eigenvalue weighted by atomic mass is 16.5. The standard InChI is InChI=1S/C14H17NO3/c1-9-14-11(8-10(18-9)6-7-15)12(16-2)4-5-13(14)17-3/h4-5,9-10H,6,8H2,1-3H3/t9-,10-/m0/s1. The summed E-state index contributed by atoms with van der Waals surface area (Å²) in [6.07, 6.45) is 0.924. The molecule has 18 heavy (non-hydrogen) atoms. The SMILES string of the molecule is COc1ccc(OC)c2c1C[C@H](CC#N)O[C@H]2C. The third-order valence-corrected chi connectivity index (χ3v) is 3.27. The Hall–Kier alpha value is -1.73. The van der Waals surface area contributed by atoms with Gasteiger partial charge in [-0.2, -0.15) is 5.26 Å². The first-order chi connectivity index (χ1) is 8.71. The molecule has 0 aliphatic carbocycles. The number of ether oxygens (including phenoxy) is 3. The van der Waals surface area contributed by atoms with E-state index in [1.54, 1.807) is 14.2 Å². The predicted molar refractivity (Wildman–Crippen MR) is 66.8 cm³/mol. The molecule has 0 fully saturated rings. The molecule has 0 saturated carbocycles. The molecule has 1 heterocycles. The molecule has 0 amide bonds. The lowest BCUT2D eigenvalue weighted by Crippen LogP contribution is -2.25. The Kier molecular flexibility index (Phi) is 3.73. The van der Waals surface area contributed by atoms with Crippen molar-refractivity contribution < 1.29 is 14.2 Å². The van der Waals surface area contributed by atoms with Crippen molar-refractivity contribution in [2.75, 3.05) is 14.2 Å². The van der Waals surface area contributed by atoms with Crippen molar-refractivity contribution in [1.82, 2.24) is 0 Å². The number of rotatable bonds is 3. The highest BCUT2D eigenvalue weighted by Crippen LogP contribution is 2.41. The van der Waals surface area contributed by atoms with Crippen molar-refractivity contribution in [1.29, 1.82) is 5.26 Å². The van der Waals surface area contributed by atoms with Gasteiger partial charge in [0.25, 0.3) is 0 Å². The summed E-state index contributed by atoms with van der Waals surface area (Å²) < 4.78 is 16.6. The van der Waals surface area contributed by atoms with Gasteiger partial charge in [-0.15, -0.1) is 0 Å². The number of hydrogen-bond acceptors (Lipinski definition) is 4. The van der Waals surface area contributed by atoms with Crippen LogP contribution in [0.15, 0.2) is 12.1 Å². The number of nitriles is 1. The van der Waals surface area contributed by atoms with E-state index < -0.39 is 0 Å². The Morgan fingerprint density at radius 2 is 2.00 bits per heavy atom. The van der Waals surface area contributed by atoms with E-state index in [1.165, 1.54) is 0 Å². The van der Waals surface area contributed by atoms with Crippen molar-refractivity contribution in [3.05, 3.63) is 23.3 Å². The summed E-state index contributed by atoms with van der Waals surface area (Å²) in [7, 11) is 3.30. The summed E-state index contributed by atoms with van der Waals surface area (Å²) in [5.74, 6) is 1.65. The Labute approximate surface area is 107 Å². The average Bonchev–Trinajstić information content (AvgIpc) is 2.37. The fourth-order valence-electron chi connectivity index (χ4n) is 2.50. The van der Waals surface area contributed by atoms with E-state index in [9.17, 15) is 0 Å². The molecule has 4 heteroatoms. The number of nitrogens with zero attached hydrogens (tertiary/aromatic N) is 1. The topological polar surface area (TPSA) is 51.5 Å². The van der Waals surface area contributed by atoms with E-state index in [1.807, 2.05) is 19.1 Å². The maximum Gasteiger partial charge on any atom is 0.125 e. The molecular formula is C14H17NO3. The molecule has 2 atom stereocenters. The van der Waals surface area contributed by atoms with Crippen molar-refractivity contribution in [3.8, 4) is 17.6 Å². The number of benzene rings is 1. The third kappa shape index (κ3) is 2.14. The van der Waals surface area contributed by atoms with Crippen molar-refractivity contribution in [2.45, 2.75) is 32.0 Å². The fraction of sp³-hybridized carbons (Fsp3) is 0.500. The van der Waals surface area contributed by atoms with Gasteiger partial charge < -0.3 is 14.2 Å². The molecule has 2 rings (SSSR count). The first kappa shape index (κ1) is 12.7. The van der Waals surface area contributed by atoms with Gasteiger partial charge in [0.2, 0.25) is 0 Å². The van der Waals surface area contributed by atoms with E-state index >= 15 is 0 Å². The van der Waals surface area contributed by atoms with Crippen LogP contribution in [0.25, 0.3) is 0 Å². The minimum absolute atomic E-state index is 0.0708. The smallest absolute Gasteiger partial charge is 0.125 e. The van der Waals surface area contributed by atoms with Gasteiger partial charge in [-0.1, -0.05) is 0 Å². The van der Waals surface area contributed by atoms with Gasteiger partial charge in [-0.3, -0.25) is 0 Å². The molecule has 0 saturated heterocycles. The lowest BCUT2D eigenvalue weighted by Gasteiger charge is -2.31. The van der Waals surface area contributed by atoms with E-state index in [0.29, 0.717) is 12.8 Å². The average molecular weight is 247 g/mol. The second-order valence-electron chi connectivity index (χ2n) is 4.33. The number of hydrogen-bond donors (Lipinski definition) is 0. The van der Waals surface area contributed by atoms with E-state index in [-0.39, 0.29) is 12.2 Å². The molecule has 0 aromatic heterocycles. The Morgan fingerprint density at radius 1 is 1.33 bits per heavy atom. The lowest BCUT2D eigenvalue weighted by molar-refractivity contribution is -0.0144. The maximum absolute atomic E-state index is 8.79. The van der Waals surface area contributed by atoms with Gasteiger partial charge in [0.05, 0.1) is 38.9 Å². The van der Waals surface area contributed by atoms with Crippen LogP contribution in [0, 0.1) is 11.3 Å². The normalized spacial score (nSPS) is 21.9. The number of methoxy groups -OCH3 is 2. The van der Waals surface area contributed by atoms with Crippen LogP contribution < -0.4 is 9.47 Å². The van der Waals surface area contributed by atoms with Crippen LogP contribution in [0.5, 0.6) is 11.5 Å². The highest BCUT2D eigenvalue weighted by Gasteiger charge is 2.29. The number of fused-ring (bicyclic) bond motifs is 1. The molecule has 1 aromatic rings. The van der Waals surface area contributed by atoms with Crippen LogP contribution in [-0.4, -0.2) is 20.3 Å². The van der Waals surface area contributed by atoms with Crippen LogP contribution in [0.4, 0.5) is 0 Å². The monoisotopic (exact) mass is 247 g/mol. The molecule has 1 aliphatic rings. The van der Waals surface area contributed by atoms with E-state index in [4.69, 9.17) is 19.5 Å². The fourth-order valence-corrected chi connectivity index (χ4v) is 2.50. The summed E-state index contributed by atoms with van der Waals surface area (Å²) in [5, 5.41) is 8.79. The second kappa shape index (κ2) is 5.28. The quantitative estimate of drug-likeness (QED) is 0.823. The van der Waals surface area contributed by atoms with Gasteiger partial charge >= 0.3 is 0 Å². The zero-order valence-corrected chi connectivity index (χ0v) is 10.9. The van der Waals surface area contributed by atoms with Crippen molar-refractivity contribution >= 4 is 0 Å². The summed E-state index contributed by atoms with van der Waals surface area (Å²) in [6.45, 7) is 1.98. The first-order valence-corrected chi connectivity index (χ1v) is 5.97. The zero-order valence-electron chi connectivity index (χ0n) is 10.9. The third-order valence-electron chi connectivity index (χ3n) is 3.27. The van der Waals surface area contributed by atoms with Gasteiger partial charge in [-0.25, -0.2) is 0 Å². The molecule has 1 aliphatic heterocycles. The van der Waals surface area contributed by atoms with Crippen LogP contribution in [0.1, 0.15) is 30.6 Å². The van der Waals surface area contributed by atoms with Crippen LogP contribution in [0.3, 0.4) is 0 Å². The van der Waals surface area contributed by atoms with Gasteiger partial charge in [0.1, 0.15) is 11.5 Å². The van der Waals surface area contributed by atoms with Gasteiger partial charge in [0, 0.05) is 17.5 Å². The van der Waals surface area contributed by atoms with Crippen molar-refractivity contribution in [2.24, 2.45) is 0 Å². The maximum atomic E-state index is 8.79. The molecule has 4 nitrogen and oxygen atoms in total. The molecular weight excluding hydrogens is 230 g/mol. The molecule has 0 unspecified atom stereocenters. The highest BCUT2D eigenvalue weighted by molar-refractivity contribution is 5.51. The lowest BCUT2D eigenvalue weighted by atomic mass is 9.92. The summed E-state index contributed by atoms with van der Waals surface area (Å²) in [6, 6.07) is 5.95. The molecule has 0 bridgehead atoms. The zero-order chi connectivity index (χ0) is 13.1. The molecule has 0 spiro atoms. The van der Waals surface area contributed by atoms with Gasteiger partial charge in [-0.05, 0) is 19.1 Å². The first-order valence-electron chi connectivity index (χ1n) is 5.97.